The van der Waals surface area contributed by atoms with Gasteiger partial charge in [0.1, 0.15) is 0 Å². The first kappa shape index (κ1) is 12.4. The number of carbonyl (C=O) groups excluding carboxylic acids is 1. The Morgan fingerprint density at radius 1 is 1.31 bits per heavy atom. The molecule has 1 aromatic rings. The molecule has 0 heterocycles. The van der Waals surface area contributed by atoms with E-state index in [1.807, 2.05) is 0 Å². The van der Waals surface area contributed by atoms with Gasteiger partial charge in [0, 0.05) is 0 Å². The molecule has 0 bridgehead atoms. The predicted octanol–water partition coefficient (Wildman–Crippen LogP) is 3.17. The van der Waals surface area contributed by atoms with Crippen LogP contribution in [-0.4, -0.2) is 19.0 Å². The first-order valence-corrected chi connectivity index (χ1v) is 4.55. The number of hydrogen-bond acceptors (Lipinski definition) is 2. The molecule has 88 valence electrons. The molecule has 1 rings (SSSR count). The van der Waals surface area contributed by atoms with Gasteiger partial charge in [-0.3, -0.25) is 0 Å². The Hall–Kier alpha value is -1.72. The molecule has 0 atom stereocenters. The quantitative estimate of drug-likeness (QED) is 0.734. The molecule has 0 aromatic heterocycles. The van der Waals surface area contributed by atoms with E-state index >= 15 is 0 Å². The van der Waals surface area contributed by atoms with Crippen LogP contribution in [0, 0.1) is 0 Å². The number of amides is 1. The molecule has 16 heavy (non-hydrogen) atoms. The molecule has 0 spiro atoms. The summed E-state index contributed by atoms with van der Waals surface area (Å²) in [5.74, 6) is 0. The van der Waals surface area contributed by atoms with Gasteiger partial charge in [0.05, 0.1) is 12.3 Å². The van der Waals surface area contributed by atoms with Crippen molar-refractivity contribution in [2.75, 3.05) is 11.5 Å². The van der Waals surface area contributed by atoms with Crippen LogP contribution in [0.4, 0.5) is 23.7 Å². The normalized spacial score (nSPS) is 11.0. The van der Waals surface area contributed by atoms with Crippen LogP contribution in [-0.2, 0) is 4.74 Å². The maximum Gasteiger partial charge on any atom is 0.494 e. The van der Waals surface area contributed by atoms with Crippen molar-refractivity contribution in [2.45, 2.75) is 13.2 Å². The lowest BCUT2D eigenvalue weighted by atomic mass is 10.3. The van der Waals surface area contributed by atoms with Gasteiger partial charge in [-0.25, -0.2) is 4.79 Å². The Kier molecular flexibility index (Phi) is 3.76. The molecule has 0 aliphatic heterocycles. The highest BCUT2D eigenvalue weighted by Crippen LogP contribution is 2.28. The molecule has 0 aliphatic carbocycles. The maximum atomic E-state index is 12.6. The molecule has 0 radical (unpaired) electrons. The first-order valence-electron chi connectivity index (χ1n) is 4.55. The zero-order valence-corrected chi connectivity index (χ0v) is 8.49. The van der Waals surface area contributed by atoms with Crippen molar-refractivity contribution in [1.29, 1.82) is 0 Å². The molecular weight excluding hydrogens is 223 g/mol. The van der Waals surface area contributed by atoms with E-state index in [1.165, 1.54) is 31.2 Å². The summed E-state index contributed by atoms with van der Waals surface area (Å²) < 4.78 is 42.2. The van der Waals surface area contributed by atoms with Gasteiger partial charge in [0.2, 0.25) is 0 Å². The van der Waals surface area contributed by atoms with Gasteiger partial charge in [-0.1, -0.05) is 18.2 Å². The first-order chi connectivity index (χ1) is 7.46. The summed E-state index contributed by atoms with van der Waals surface area (Å²) in [5.41, 5.74) is -0.270. The van der Waals surface area contributed by atoms with Crippen molar-refractivity contribution in [3.8, 4) is 0 Å². The fourth-order valence-corrected chi connectivity index (χ4v) is 1.12. The zero-order chi connectivity index (χ0) is 12.2. The number of hydrogen-bond donors (Lipinski definition) is 0. The Bertz CT molecular complexity index is 351. The van der Waals surface area contributed by atoms with Crippen LogP contribution in [0.5, 0.6) is 0 Å². The van der Waals surface area contributed by atoms with Gasteiger partial charge in [-0.15, -0.1) is 13.2 Å². The number of carbonyl (C=O) groups is 1. The Morgan fingerprint density at radius 2 is 1.88 bits per heavy atom. The van der Waals surface area contributed by atoms with Crippen LogP contribution in [0.15, 0.2) is 30.3 Å². The molecule has 0 N–H and O–H groups in total. The molecule has 0 unspecified atom stereocenters. The van der Waals surface area contributed by atoms with E-state index in [2.05, 4.69) is 4.74 Å². The molecule has 6 heteroatoms. The van der Waals surface area contributed by atoms with Crippen LogP contribution in [0.25, 0.3) is 0 Å². The average molecular weight is 233 g/mol. The van der Waals surface area contributed by atoms with Crippen molar-refractivity contribution < 1.29 is 22.7 Å². The summed E-state index contributed by atoms with van der Waals surface area (Å²) in [6.07, 6.45) is -6.23. The third-order valence-corrected chi connectivity index (χ3v) is 1.72. The van der Waals surface area contributed by atoms with Gasteiger partial charge in [-0.05, 0) is 19.1 Å². The number of alkyl halides is 3. The number of anilines is 1. The third kappa shape index (κ3) is 2.88. The lowest BCUT2D eigenvalue weighted by Crippen LogP contribution is -2.43. The van der Waals surface area contributed by atoms with Crippen LogP contribution in [0.2, 0.25) is 0 Å². The van der Waals surface area contributed by atoms with Gasteiger partial charge in [0.15, 0.2) is 0 Å². The topological polar surface area (TPSA) is 29.5 Å². The monoisotopic (exact) mass is 233 g/mol. The van der Waals surface area contributed by atoms with Gasteiger partial charge >= 0.3 is 12.4 Å². The molecule has 0 aliphatic rings. The Labute approximate surface area is 90.4 Å². The second-order valence-corrected chi connectivity index (χ2v) is 2.84. The van der Waals surface area contributed by atoms with Gasteiger partial charge in [0.25, 0.3) is 0 Å². The fourth-order valence-electron chi connectivity index (χ4n) is 1.12. The highest BCUT2D eigenvalue weighted by atomic mass is 19.4. The lowest BCUT2D eigenvalue weighted by Gasteiger charge is -2.23. The summed E-state index contributed by atoms with van der Waals surface area (Å²) in [4.78, 5) is 10.8. The van der Waals surface area contributed by atoms with Gasteiger partial charge in [-0.2, -0.15) is 4.90 Å². The number of benzene rings is 1. The largest absolute Gasteiger partial charge is 0.494 e. The average Bonchev–Trinajstić information content (AvgIpc) is 2.17. The maximum absolute atomic E-state index is 12.6. The van der Waals surface area contributed by atoms with Gasteiger partial charge < -0.3 is 4.74 Å². The Balaban J connectivity index is 3.02. The van der Waals surface area contributed by atoms with Crippen LogP contribution in [0.1, 0.15) is 6.92 Å². The molecule has 0 fully saturated rings. The van der Waals surface area contributed by atoms with Crippen molar-refractivity contribution in [3.05, 3.63) is 30.3 Å². The highest BCUT2D eigenvalue weighted by molar-refractivity contribution is 5.88. The smallest absolute Gasteiger partial charge is 0.449 e. The fraction of sp³-hybridized carbons (Fsp3) is 0.300. The molecule has 0 saturated carbocycles. The highest BCUT2D eigenvalue weighted by Gasteiger charge is 2.43. The van der Waals surface area contributed by atoms with E-state index in [0.29, 0.717) is 0 Å². The number of rotatable bonds is 2. The molecule has 0 saturated heterocycles. The van der Waals surface area contributed by atoms with Crippen LogP contribution in [0.3, 0.4) is 0 Å². The second kappa shape index (κ2) is 4.87. The van der Waals surface area contributed by atoms with E-state index in [9.17, 15) is 18.0 Å². The van der Waals surface area contributed by atoms with Crippen molar-refractivity contribution in [3.63, 3.8) is 0 Å². The third-order valence-electron chi connectivity index (χ3n) is 1.72. The minimum Gasteiger partial charge on any atom is -0.449 e. The molecular formula is C10H10F3NO2. The minimum atomic E-state index is -4.80. The number of ether oxygens (including phenoxy) is 1. The van der Waals surface area contributed by atoms with Crippen LogP contribution < -0.4 is 4.90 Å². The van der Waals surface area contributed by atoms with Crippen LogP contribution >= 0.6 is 0 Å². The minimum absolute atomic E-state index is 0.113. The predicted molar refractivity (Wildman–Crippen MR) is 52.0 cm³/mol. The molecule has 1 amide bonds. The Morgan fingerprint density at radius 3 is 2.31 bits per heavy atom. The molecule has 1 aromatic carbocycles. The number of para-hydroxylation sites is 1. The van der Waals surface area contributed by atoms with Crippen molar-refractivity contribution in [2.24, 2.45) is 0 Å². The molecule has 3 nitrogen and oxygen atoms in total. The van der Waals surface area contributed by atoms with E-state index in [1.54, 1.807) is 6.07 Å². The number of halogens is 3. The van der Waals surface area contributed by atoms with E-state index in [0.717, 1.165) is 0 Å². The number of nitrogens with zero attached hydrogens (tertiary/aromatic N) is 1. The summed E-state index contributed by atoms with van der Waals surface area (Å²) in [7, 11) is 0. The van der Waals surface area contributed by atoms with E-state index in [4.69, 9.17) is 0 Å². The second-order valence-electron chi connectivity index (χ2n) is 2.84. The van der Waals surface area contributed by atoms with E-state index in [-0.39, 0.29) is 17.2 Å². The van der Waals surface area contributed by atoms with Crippen molar-refractivity contribution in [1.82, 2.24) is 0 Å². The summed E-state index contributed by atoms with van der Waals surface area (Å²) >= 11 is 0. The zero-order valence-electron chi connectivity index (χ0n) is 8.49. The SMILES string of the molecule is CCOC(=O)N(c1ccccc1)C(F)(F)F. The summed E-state index contributed by atoms with van der Waals surface area (Å²) in [6.45, 7) is 1.33. The lowest BCUT2D eigenvalue weighted by molar-refractivity contribution is -0.124. The summed E-state index contributed by atoms with van der Waals surface area (Å²) in [6, 6.07) is 6.75. The van der Waals surface area contributed by atoms with Crippen molar-refractivity contribution >= 4 is 11.8 Å². The summed E-state index contributed by atoms with van der Waals surface area (Å²) in [5, 5.41) is 0. The van der Waals surface area contributed by atoms with E-state index < -0.39 is 12.4 Å². The standard InChI is InChI=1S/C10H10F3NO2/c1-2-16-9(15)14(10(11,12)13)8-6-4-3-5-7-8/h3-7H,2H2,1H3.